The fourth-order valence-corrected chi connectivity index (χ4v) is 7.07. The molecule has 0 aromatic carbocycles. The zero-order chi connectivity index (χ0) is 31.3. The van der Waals surface area contributed by atoms with E-state index >= 15 is 0 Å². The number of ether oxygens (including phenoxy) is 1. The number of allylic oxidation sites excluding steroid dienone is 15. The molecule has 0 aromatic rings. The molecule has 1 fully saturated rings. The van der Waals surface area contributed by atoms with Crippen molar-refractivity contribution >= 4 is 23.1 Å². The number of hydrogen-bond acceptors (Lipinski definition) is 7. The van der Waals surface area contributed by atoms with E-state index in [9.17, 15) is 9.90 Å². The van der Waals surface area contributed by atoms with Crippen molar-refractivity contribution in [3.63, 3.8) is 0 Å². The summed E-state index contributed by atoms with van der Waals surface area (Å²) in [5.41, 5.74) is 14.7. The van der Waals surface area contributed by atoms with Crippen molar-refractivity contribution < 1.29 is 14.6 Å². The van der Waals surface area contributed by atoms with Crippen molar-refractivity contribution in [3.05, 3.63) is 116 Å². The van der Waals surface area contributed by atoms with Gasteiger partial charge in [0.25, 0.3) is 0 Å². The summed E-state index contributed by atoms with van der Waals surface area (Å²) in [7, 11) is 1.43. The van der Waals surface area contributed by atoms with Crippen molar-refractivity contribution in [2.75, 3.05) is 7.11 Å². The van der Waals surface area contributed by atoms with Crippen LogP contribution in [0.25, 0.3) is 0 Å². The first-order chi connectivity index (χ1) is 21.2. The minimum absolute atomic E-state index is 0.0266. The molecule has 0 unspecified atom stereocenters. The van der Waals surface area contributed by atoms with E-state index in [1.807, 2.05) is 13.0 Å². The lowest BCUT2D eigenvalue weighted by Crippen LogP contribution is -2.16. The van der Waals surface area contributed by atoms with Crippen LogP contribution in [0.5, 0.6) is 0 Å². The largest absolute Gasteiger partial charge is 0.511 e. The summed E-state index contributed by atoms with van der Waals surface area (Å²) in [4.78, 5) is 27.6. The molecule has 6 rings (SSSR count). The van der Waals surface area contributed by atoms with Crippen LogP contribution in [0.4, 0.5) is 0 Å². The van der Waals surface area contributed by atoms with E-state index in [0.29, 0.717) is 25.0 Å². The molecule has 0 aromatic heterocycles. The molecule has 2 atom stereocenters. The molecule has 5 aliphatic heterocycles. The standard InChI is InChI=1S/C37H40N4O3/c1-8-10-11-12-24-20(4)27-16-29-21(5)25(13-14-34(43)44-7)36(40-29)26-15-33(42)35-22(6)30(41-37(26)35)18-31-23(9-2)19(3)28(38-31)17-32(24)39-27/h8,10-11,16-18,21,25,40,42H,1,9,12-15H2,2-7H3/b11-10+,29-16?,31-18?,32-17?,36-26?/t21-,25-/m0/s1. The summed E-state index contributed by atoms with van der Waals surface area (Å²) in [5.74, 6) is 0.219. The van der Waals surface area contributed by atoms with E-state index in [-0.39, 0.29) is 17.8 Å². The summed E-state index contributed by atoms with van der Waals surface area (Å²) in [6.07, 6.45) is 15.1. The smallest absolute Gasteiger partial charge is 0.305 e. The summed E-state index contributed by atoms with van der Waals surface area (Å²) >= 11 is 0. The maximum Gasteiger partial charge on any atom is 0.305 e. The Kier molecular flexibility index (Phi) is 7.74. The Bertz CT molecular complexity index is 1770. The van der Waals surface area contributed by atoms with Crippen LogP contribution in [-0.2, 0) is 9.53 Å². The Balaban J connectivity index is 1.58. The van der Waals surface area contributed by atoms with Gasteiger partial charge in [0.1, 0.15) is 5.76 Å². The highest BCUT2D eigenvalue weighted by atomic mass is 16.5. The minimum atomic E-state index is -0.229. The van der Waals surface area contributed by atoms with Gasteiger partial charge in [-0.1, -0.05) is 38.7 Å². The second-order valence-electron chi connectivity index (χ2n) is 12.1. The van der Waals surface area contributed by atoms with Crippen molar-refractivity contribution in [3.8, 4) is 0 Å². The first kappa shape index (κ1) is 29.5. The Labute approximate surface area is 259 Å². The van der Waals surface area contributed by atoms with Gasteiger partial charge < -0.3 is 15.2 Å². The van der Waals surface area contributed by atoms with Crippen LogP contribution in [0.15, 0.2) is 131 Å². The number of nitrogens with zero attached hydrogens (tertiary/aromatic N) is 3. The van der Waals surface area contributed by atoms with Gasteiger partial charge in [0, 0.05) is 47.2 Å². The zero-order valence-corrected chi connectivity index (χ0v) is 26.5. The monoisotopic (exact) mass is 588 g/mol. The van der Waals surface area contributed by atoms with Crippen LogP contribution in [0.2, 0.25) is 0 Å². The molecular formula is C37H40N4O3. The molecule has 44 heavy (non-hydrogen) atoms. The molecule has 6 aliphatic rings. The third-order valence-electron chi connectivity index (χ3n) is 9.66. The van der Waals surface area contributed by atoms with Crippen molar-refractivity contribution in [1.29, 1.82) is 0 Å². The van der Waals surface area contributed by atoms with Gasteiger partial charge >= 0.3 is 5.97 Å². The molecule has 0 radical (unpaired) electrons. The molecule has 226 valence electrons. The van der Waals surface area contributed by atoms with E-state index in [2.05, 4.69) is 63.9 Å². The summed E-state index contributed by atoms with van der Waals surface area (Å²) < 4.78 is 4.99. The third-order valence-corrected chi connectivity index (χ3v) is 9.66. The fraction of sp³-hybridized carbons (Fsp3) is 0.351. The average molecular weight is 589 g/mol. The van der Waals surface area contributed by atoms with E-state index < -0.39 is 0 Å². The molecule has 1 saturated heterocycles. The van der Waals surface area contributed by atoms with Gasteiger partial charge in [-0.2, -0.15) is 0 Å². The van der Waals surface area contributed by atoms with Crippen LogP contribution in [-0.4, -0.2) is 35.3 Å². The molecule has 0 amide bonds. The normalized spacial score (nSPS) is 24.2. The SMILES string of the molecule is C=C/C=C/CC1=C(C)C2=NC1=CC1=NC(=CC3=C(C)C4=C(O)CC(=C5NC(=C2)[C@@H](C)[C@@H]5CCC(=O)OC)C4=N3)C(CC)=C1C. The third kappa shape index (κ3) is 4.84. The number of esters is 1. The summed E-state index contributed by atoms with van der Waals surface area (Å²) in [6.45, 7) is 14.5. The van der Waals surface area contributed by atoms with Crippen LogP contribution in [0, 0.1) is 11.8 Å². The maximum absolute atomic E-state index is 12.2. The lowest BCUT2D eigenvalue weighted by Gasteiger charge is -2.17. The summed E-state index contributed by atoms with van der Waals surface area (Å²) in [5, 5.41) is 15.0. The molecule has 1 aliphatic carbocycles. The van der Waals surface area contributed by atoms with Crippen LogP contribution >= 0.6 is 0 Å². The van der Waals surface area contributed by atoms with E-state index in [1.54, 1.807) is 6.08 Å². The van der Waals surface area contributed by atoms with E-state index in [4.69, 9.17) is 19.7 Å². The van der Waals surface area contributed by atoms with E-state index in [1.165, 1.54) is 12.7 Å². The number of aliphatic hydroxyl groups is 1. The first-order valence-electron chi connectivity index (χ1n) is 15.5. The number of carbonyl (C=O) groups excluding carboxylic acids is 1. The van der Waals surface area contributed by atoms with Gasteiger partial charge in [-0.25, -0.2) is 15.0 Å². The lowest BCUT2D eigenvalue weighted by atomic mass is 9.86. The zero-order valence-electron chi connectivity index (χ0n) is 26.5. The Morgan fingerprint density at radius 1 is 1.07 bits per heavy atom. The number of carbonyl (C=O) groups is 1. The number of methoxy groups -OCH3 is 1. The highest BCUT2D eigenvalue weighted by Crippen LogP contribution is 2.46. The van der Waals surface area contributed by atoms with Gasteiger partial charge in [0.15, 0.2) is 0 Å². The Morgan fingerprint density at radius 3 is 2.48 bits per heavy atom. The van der Waals surface area contributed by atoms with Crippen LogP contribution in [0.3, 0.4) is 0 Å². The molecule has 8 bridgehead atoms. The molecular weight excluding hydrogens is 548 g/mol. The average Bonchev–Trinajstić information content (AvgIpc) is 3.75. The highest BCUT2D eigenvalue weighted by Gasteiger charge is 2.41. The molecule has 7 heteroatoms. The topological polar surface area (TPSA) is 95.6 Å². The molecule has 0 saturated carbocycles. The van der Waals surface area contributed by atoms with Gasteiger partial charge in [-0.15, -0.1) is 0 Å². The molecule has 5 heterocycles. The Hall–Kier alpha value is -4.52. The van der Waals surface area contributed by atoms with Gasteiger partial charge in [0.2, 0.25) is 0 Å². The van der Waals surface area contributed by atoms with Crippen LogP contribution in [0.1, 0.15) is 66.7 Å². The predicted molar refractivity (Wildman–Crippen MR) is 177 cm³/mol. The number of aliphatic hydroxyl groups excluding tert-OH is 1. The number of fused-ring (bicyclic) bond motifs is 5. The van der Waals surface area contributed by atoms with Gasteiger partial charge in [-0.3, -0.25) is 4.79 Å². The van der Waals surface area contributed by atoms with E-state index in [0.717, 1.165) is 91.9 Å². The predicted octanol–water partition coefficient (Wildman–Crippen LogP) is 7.74. The highest BCUT2D eigenvalue weighted by molar-refractivity contribution is 6.21. The van der Waals surface area contributed by atoms with Crippen LogP contribution < -0.4 is 5.32 Å². The Morgan fingerprint density at radius 2 is 1.77 bits per heavy atom. The fourth-order valence-electron chi connectivity index (χ4n) is 7.07. The lowest BCUT2D eigenvalue weighted by molar-refractivity contribution is -0.140. The first-order valence-corrected chi connectivity index (χ1v) is 15.5. The van der Waals surface area contributed by atoms with Gasteiger partial charge in [-0.05, 0) is 86.1 Å². The molecule has 0 spiro atoms. The number of hydrogen-bond donors (Lipinski definition) is 2. The second-order valence-corrected chi connectivity index (χ2v) is 12.1. The molecule has 2 N–H and O–H groups in total. The molecule has 7 nitrogen and oxygen atoms in total. The second kappa shape index (κ2) is 11.5. The number of nitrogens with one attached hydrogen (secondary N) is 1. The minimum Gasteiger partial charge on any atom is -0.511 e. The number of aliphatic imine (C=N–C) groups is 3. The van der Waals surface area contributed by atoms with Crippen molar-refractivity contribution in [1.82, 2.24) is 5.32 Å². The quantitative estimate of drug-likeness (QED) is 0.235. The van der Waals surface area contributed by atoms with Gasteiger partial charge in [0.05, 0.1) is 41.3 Å². The number of rotatable bonds is 7. The van der Waals surface area contributed by atoms with Crippen molar-refractivity contribution in [2.45, 2.75) is 66.7 Å². The summed E-state index contributed by atoms with van der Waals surface area (Å²) in [6, 6.07) is 0. The maximum atomic E-state index is 12.2. The van der Waals surface area contributed by atoms with Crippen molar-refractivity contribution in [2.24, 2.45) is 26.8 Å².